The van der Waals surface area contributed by atoms with Crippen LogP contribution in [0.15, 0.2) is 24.3 Å². The molecule has 2 rings (SSSR count). The number of fused-ring (bicyclic) bond motifs is 1. The number of hydrogen-bond acceptors (Lipinski definition) is 5. The summed E-state index contributed by atoms with van der Waals surface area (Å²) in [4.78, 5) is 13.5. The van der Waals surface area contributed by atoms with Crippen LogP contribution in [0.4, 0.5) is 5.69 Å². The van der Waals surface area contributed by atoms with E-state index in [0.717, 1.165) is 22.1 Å². The van der Waals surface area contributed by atoms with E-state index >= 15 is 0 Å². The maximum absolute atomic E-state index is 10.8. The molecule has 19 heavy (non-hydrogen) atoms. The first kappa shape index (κ1) is 13.5. The van der Waals surface area contributed by atoms with Gasteiger partial charge in [-0.3, -0.25) is 4.79 Å². The van der Waals surface area contributed by atoms with Crippen LogP contribution >= 0.6 is 11.3 Å². The lowest BCUT2D eigenvalue weighted by Crippen LogP contribution is -2.27. The van der Waals surface area contributed by atoms with Crippen LogP contribution in [0.5, 0.6) is 0 Å². The molecule has 0 amide bonds. The molecule has 2 aromatic rings. The summed E-state index contributed by atoms with van der Waals surface area (Å²) in [6.07, 6.45) is 1.27. The molecule has 0 aliphatic rings. The number of aliphatic hydroxyl groups is 1. The molecule has 0 radical (unpaired) electrons. The summed E-state index contributed by atoms with van der Waals surface area (Å²) in [5, 5.41) is 18.8. The van der Waals surface area contributed by atoms with Crippen molar-refractivity contribution in [1.29, 1.82) is 5.26 Å². The minimum atomic E-state index is 0.0491. The third-order valence-corrected chi connectivity index (χ3v) is 3.89. The minimum Gasteiger partial charge on any atom is -0.395 e. The summed E-state index contributed by atoms with van der Waals surface area (Å²) < 4.78 is 1.04. The second-order valence-corrected chi connectivity index (χ2v) is 5.22. The minimum absolute atomic E-state index is 0.0491. The molecule has 0 bridgehead atoms. The van der Waals surface area contributed by atoms with Gasteiger partial charge in [-0.25, -0.2) is 0 Å². The topological polar surface area (TPSA) is 64.3 Å². The number of carbonyl (C=O) groups excluding carboxylic acids is 1. The van der Waals surface area contributed by atoms with E-state index in [1.165, 1.54) is 11.3 Å². The fourth-order valence-corrected chi connectivity index (χ4v) is 2.88. The average molecular weight is 274 g/mol. The Bertz CT molecular complexity index is 615. The molecule has 0 saturated heterocycles. The number of nitrogens with zero attached hydrogens (tertiary/aromatic N) is 2. The first-order valence-corrected chi connectivity index (χ1v) is 6.81. The van der Waals surface area contributed by atoms with E-state index in [9.17, 15) is 4.79 Å². The zero-order valence-electron chi connectivity index (χ0n) is 10.4. The molecule has 0 fully saturated rings. The van der Waals surface area contributed by atoms with Crippen LogP contribution in [0.3, 0.4) is 0 Å². The lowest BCUT2D eigenvalue weighted by Gasteiger charge is -2.22. The van der Waals surface area contributed by atoms with Crippen molar-refractivity contribution in [2.24, 2.45) is 0 Å². The fourth-order valence-electron chi connectivity index (χ4n) is 1.97. The highest BCUT2D eigenvalue weighted by molar-refractivity contribution is 7.20. The van der Waals surface area contributed by atoms with Crippen molar-refractivity contribution in [2.45, 2.75) is 6.42 Å². The number of rotatable bonds is 6. The van der Waals surface area contributed by atoms with Gasteiger partial charge >= 0.3 is 0 Å². The first-order valence-electron chi connectivity index (χ1n) is 6.00. The molecule has 0 aliphatic heterocycles. The van der Waals surface area contributed by atoms with Gasteiger partial charge in [0.25, 0.3) is 0 Å². The van der Waals surface area contributed by atoms with Gasteiger partial charge in [-0.15, -0.1) is 11.3 Å². The molecule has 0 spiro atoms. The normalized spacial score (nSPS) is 10.3. The second-order valence-electron chi connectivity index (χ2n) is 4.11. The summed E-state index contributed by atoms with van der Waals surface area (Å²) in [6.45, 7) is 1.14. The molecule has 5 heteroatoms. The van der Waals surface area contributed by atoms with Crippen molar-refractivity contribution in [2.75, 3.05) is 24.6 Å². The van der Waals surface area contributed by atoms with Crippen molar-refractivity contribution in [1.82, 2.24) is 0 Å². The molecule has 0 atom stereocenters. The summed E-state index contributed by atoms with van der Waals surface area (Å²) in [5.74, 6) is 0. The summed E-state index contributed by atoms with van der Waals surface area (Å²) in [5.41, 5.74) is 0.969. The largest absolute Gasteiger partial charge is 0.395 e. The van der Waals surface area contributed by atoms with Crippen LogP contribution in [0, 0.1) is 11.3 Å². The number of hydrogen-bond donors (Lipinski definition) is 1. The van der Waals surface area contributed by atoms with Crippen molar-refractivity contribution in [3.8, 4) is 6.07 Å². The molecule has 0 saturated carbocycles. The Morgan fingerprint density at radius 2 is 2.21 bits per heavy atom. The Hall–Kier alpha value is -1.90. The van der Waals surface area contributed by atoms with Gasteiger partial charge in [0.2, 0.25) is 0 Å². The number of carbonyl (C=O) groups is 1. The lowest BCUT2D eigenvalue weighted by molar-refractivity contribution is 0.112. The highest BCUT2D eigenvalue weighted by Crippen LogP contribution is 2.29. The Morgan fingerprint density at radius 1 is 1.37 bits per heavy atom. The molecule has 98 valence electrons. The zero-order valence-corrected chi connectivity index (χ0v) is 11.2. The van der Waals surface area contributed by atoms with Crippen LogP contribution in [-0.2, 0) is 0 Å². The van der Waals surface area contributed by atoms with Crippen LogP contribution < -0.4 is 4.90 Å². The molecule has 4 nitrogen and oxygen atoms in total. The molecule has 1 N–H and O–H groups in total. The number of benzene rings is 1. The number of anilines is 1. The van der Waals surface area contributed by atoms with E-state index in [1.54, 1.807) is 0 Å². The number of aldehydes is 1. The highest BCUT2D eigenvalue weighted by atomic mass is 32.1. The van der Waals surface area contributed by atoms with Gasteiger partial charge in [-0.2, -0.15) is 5.26 Å². The van der Waals surface area contributed by atoms with Crippen LogP contribution in [0.2, 0.25) is 0 Å². The molecular formula is C14H14N2O2S. The van der Waals surface area contributed by atoms with Gasteiger partial charge in [-0.05, 0) is 23.6 Å². The first-order chi connectivity index (χ1) is 9.28. The van der Waals surface area contributed by atoms with Gasteiger partial charge in [-0.1, -0.05) is 6.07 Å². The number of thiophene rings is 1. The van der Waals surface area contributed by atoms with Crippen LogP contribution in [0.25, 0.3) is 10.1 Å². The predicted octanol–water partition coefficient (Wildman–Crippen LogP) is 2.43. The van der Waals surface area contributed by atoms with E-state index in [2.05, 4.69) is 6.07 Å². The molecular weight excluding hydrogens is 260 g/mol. The van der Waals surface area contributed by atoms with Gasteiger partial charge in [0, 0.05) is 23.5 Å². The van der Waals surface area contributed by atoms with E-state index < -0.39 is 0 Å². The van der Waals surface area contributed by atoms with Gasteiger partial charge in [0.1, 0.15) is 0 Å². The van der Waals surface area contributed by atoms with Crippen molar-refractivity contribution in [3.63, 3.8) is 0 Å². The van der Waals surface area contributed by atoms with Crippen molar-refractivity contribution < 1.29 is 9.90 Å². The summed E-state index contributed by atoms with van der Waals surface area (Å²) in [6, 6.07) is 9.89. The quantitative estimate of drug-likeness (QED) is 0.822. The highest BCUT2D eigenvalue weighted by Gasteiger charge is 2.08. The third-order valence-electron chi connectivity index (χ3n) is 2.87. The number of nitriles is 1. The van der Waals surface area contributed by atoms with E-state index in [0.29, 0.717) is 24.4 Å². The summed E-state index contributed by atoms with van der Waals surface area (Å²) >= 11 is 1.45. The number of aliphatic hydroxyl groups excluding tert-OH is 1. The standard InChI is InChI=1S/C14H14N2O2S/c15-4-1-5-16(6-7-17)12-3-2-11-8-13(10-18)19-14(11)9-12/h2-3,8-10,17H,1,5-7H2. The predicted molar refractivity (Wildman–Crippen MR) is 76.7 cm³/mol. The summed E-state index contributed by atoms with van der Waals surface area (Å²) in [7, 11) is 0. The average Bonchev–Trinajstić information content (AvgIpc) is 2.85. The van der Waals surface area contributed by atoms with Crippen molar-refractivity contribution >= 4 is 33.4 Å². The third kappa shape index (κ3) is 3.11. The Morgan fingerprint density at radius 3 is 2.89 bits per heavy atom. The van der Waals surface area contributed by atoms with Gasteiger partial charge in [0.05, 0.1) is 24.0 Å². The Balaban J connectivity index is 2.31. The maximum atomic E-state index is 10.8. The SMILES string of the molecule is N#CCCN(CCO)c1ccc2cc(C=O)sc2c1. The Kier molecular flexibility index (Phi) is 4.50. The molecule has 0 unspecified atom stereocenters. The fraction of sp³-hybridized carbons (Fsp3) is 0.286. The maximum Gasteiger partial charge on any atom is 0.160 e. The lowest BCUT2D eigenvalue weighted by atomic mass is 10.2. The Labute approximate surface area is 115 Å². The smallest absolute Gasteiger partial charge is 0.160 e. The van der Waals surface area contributed by atoms with Crippen LogP contribution in [-0.4, -0.2) is 31.1 Å². The molecule has 1 aromatic heterocycles. The zero-order chi connectivity index (χ0) is 13.7. The monoisotopic (exact) mass is 274 g/mol. The van der Waals surface area contributed by atoms with Crippen molar-refractivity contribution in [3.05, 3.63) is 29.1 Å². The van der Waals surface area contributed by atoms with E-state index in [-0.39, 0.29) is 6.61 Å². The molecule has 0 aliphatic carbocycles. The second kappa shape index (κ2) is 6.32. The molecule has 1 aromatic carbocycles. The van der Waals surface area contributed by atoms with E-state index in [1.807, 2.05) is 29.2 Å². The molecule has 1 heterocycles. The van der Waals surface area contributed by atoms with Crippen LogP contribution in [0.1, 0.15) is 16.1 Å². The van der Waals surface area contributed by atoms with E-state index in [4.69, 9.17) is 10.4 Å². The van der Waals surface area contributed by atoms with Gasteiger partial charge in [0.15, 0.2) is 6.29 Å². The van der Waals surface area contributed by atoms with Gasteiger partial charge < -0.3 is 10.0 Å².